The maximum atomic E-state index is 12.1. The molecule has 2 amide bonds. The lowest BCUT2D eigenvalue weighted by atomic mass is 10.1. The number of nitrogens with zero attached hydrogens (tertiary/aromatic N) is 1. The van der Waals surface area contributed by atoms with E-state index in [0.29, 0.717) is 12.8 Å². The number of hydrogen-bond acceptors (Lipinski definition) is 3. The number of imide groups is 1. The summed E-state index contributed by atoms with van der Waals surface area (Å²) in [4.78, 5) is 25.2. The molecule has 0 aromatic heterocycles. The minimum absolute atomic E-state index is 0.130. The molecule has 1 saturated heterocycles. The van der Waals surface area contributed by atoms with Crippen molar-refractivity contribution in [2.45, 2.75) is 31.7 Å². The number of halogens is 1. The van der Waals surface area contributed by atoms with Gasteiger partial charge in [-0.1, -0.05) is 46.3 Å². The van der Waals surface area contributed by atoms with Gasteiger partial charge in [0, 0.05) is 11.8 Å². The van der Waals surface area contributed by atoms with Crippen molar-refractivity contribution in [3.63, 3.8) is 0 Å². The Morgan fingerprint density at radius 3 is 2.75 bits per heavy atom. The third kappa shape index (κ3) is 3.82. The van der Waals surface area contributed by atoms with Crippen molar-refractivity contribution in [2.24, 2.45) is 0 Å². The van der Waals surface area contributed by atoms with E-state index in [4.69, 9.17) is 4.74 Å². The van der Waals surface area contributed by atoms with Gasteiger partial charge in [-0.2, -0.15) is 0 Å². The average Bonchev–Trinajstić information content (AvgIpc) is 2.81. The molecule has 0 aliphatic carbocycles. The quantitative estimate of drug-likeness (QED) is 0.590. The van der Waals surface area contributed by atoms with Crippen molar-refractivity contribution in [3.05, 3.63) is 35.9 Å². The van der Waals surface area contributed by atoms with Crippen LogP contribution in [-0.4, -0.2) is 34.9 Å². The van der Waals surface area contributed by atoms with Gasteiger partial charge in [0.15, 0.2) is 0 Å². The zero-order valence-electron chi connectivity index (χ0n) is 11.3. The average molecular weight is 340 g/mol. The summed E-state index contributed by atoms with van der Waals surface area (Å²) >= 11 is 3.33. The number of rotatable bonds is 6. The Morgan fingerprint density at radius 1 is 1.30 bits per heavy atom. The predicted octanol–water partition coefficient (Wildman–Crippen LogP) is 3.14. The molecule has 20 heavy (non-hydrogen) atoms. The van der Waals surface area contributed by atoms with Crippen molar-refractivity contribution >= 4 is 27.9 Å². The van der Waals surface area contributed by atoms with Gasteiger partial charge in [0.25, 0.3) is 0 Å². The first-order chi connectivity index (χ1) is 9.72. The van der Waals surface area contributed by atoms with E-state index < -0.39 is 6.09 Å². The smallest absolute Gasteiger partial charge is 0.416 e. The fourth-order valence-corrected chi connectivity index (χ4v) is 2.69. The fraction of sp³-hybridized carbons (Fsp3) is 0.467. The maximum Gasteiger partial charge on any atom is 0.416 e. The third-order valence-electron chi connectivity index (χ3n) is 3.32. The molecule has 0 bridgehead atoms. The first-order valence-corrected chi connectivity index (χ1v) is 7.93. The van der Waals surface area contributed by atoms with Crippen LogP contribution in [0.15, 0.2) is 30.3 Å². The van der Waals surface area contributed by atoms with Crippen LogP contribution in [-0.2, 0) is 16.0 Å². The maximum absolute atomic E-state index is 12.1. The molecule has 1 heterocycles. The molecule has 1 aromatic carbocycles. The van der Waals surface area contributed by atoms with Crippen LogP contribution in [0.4, 0.5) is 4.79 Å². The van der Waals surface area contributed by atoms with Crippen molar-refractivity contribution in [3.8, 4) is 0 Å². The van der Waals surface area contributed by atoms with Gasteiger partial charge in [0.2, 0.25) is 5.91 Å². The molecule has 1 fully saturated rings. The zero-order chi connectivity index (χ0) is 14.4. The number of alkyl halides is 1. The minimum Gasteiger partial charge on any atom is -0.447 e. The van der Waals surface area contributed by atoms with E-state index in [9.17, 15) is 9.59 Å². The van der Waals surface area contributed by atoms with Gasteiger partial charge in [0.1, 0.15) is 6.61 Å². The summed E-state index contributed by atoms with van der Waals surface area (Å²) in [5.74, 6) is -0.130. The highest BCUT2D eigenvalue weighted by Crippen LogP contribution is 2.19. The van der Waals surface area contributed by atoms with E-state index in [0.717, 1.165) is 23.7 Å². The first-order valence-electron chi connectivity index (χ1n) is 6.81. The molecule has 0 N–H and O–H groups in total. The van der Waals surface area contributed by atoms with Crippen LogP contribution in [0.25, 0.3) is 0 Å². The molecule has 4 nitrogen and oxygen atoms in total. The molecular weight excluding hydrogens is 322 g/mol. The van der Waals surface area contributed by atoms with E-state index in [-0.39, 0.29) is 18.6 Å². The summed E-state index contributed by atoms with van der Waals surface area (Å²) in [7, 11) is 0. The van der Waals surface area contributed by atoms with Gasteiger partial charge >= 0.3 is 6.09 Å². The second kappa shape index (κ2) is 7.43. The Hall–Kier alpha value is -1.36. The molecule has 1 aromatic rings. The number of carbonyl (C=O) groups is 2. The number of cyclic esters (lactones) is 1. The molecular formula is C15H18BrNO3. The monoisotopic (exact) mass is 339 g/mol. The Labute approximate surface area is 127 Å². The van der Waals surface area contributed by atoms with Gasteiger partial charge in [0.05, 0.1) is 6.04 Å². The van der Waals surface area contributed by atoms with E-state index in [1.165, 1.54) is 4.90 Å². The Balaban J connectivity index is 1.97. The normalized spacial score (nSPS) is 18.1. The number of carbonyl (C=O) groups excluding carboxylic acids is 2. The van der Waals surface area contributed by atoms with Crippen LogP contribution in [0.3, 0.4) is 0 Å². The van der Waals surface area contributed by atoms with Crippen LogP contribution in [0.2, 0.25) is 0 Å². The molecule has 1 aliphatic rings. The molecule has 1 atom stereocenters. The van der Waals surface area contributed by atoms with Gasteiger partial charge in [-0.15, -0.1) is 0 Å². The molecule has 1 aliphatic heterocycles. The molecule has 2 rings (SSSR count). The van der Waals surface area contributed by atoms with Gasteiger partial charge in [-0.3, -0.25) is 4.79 Å². The van der Waals surface area contributed by atoms with Crippen LogP contribution in [0, 0.1) is 0 Å². The second-order valence-electron chi connectivity index (χ2n) is 4.83. The predicted molar refractivity (Wildman–Crippen MR) is 79.8 cm³/mol. The summed E-state index contributed by atoms with van der Waals surface area (Å²) in [5, 5.41) is 0.873. The second-order valence-corrected chi connectivity index (χ2v) is 5.62. The lowest BCUT2D eigenvalue weighted by Gasteiger charge is -2.19. The van der Waals surface area contributed by atoms with Crippen molar-refractivity contribution in [1.29, 1.82) is 0 Å². The van der Waals surface area contributed by atoms with E-state index >= 15 is 0 Å². The lowest BCUT2D eigenvalue weighted by Crippen LogP contribution is -2.40. The Morgan fingerprint density at radius 2 is 2.05 bits per heavy atom. The molecule has 5 heteroatoms. The zero-order valence-corrected chi connectivity index (χ0v) is 12.8. The largest absolute Gasteiger partial charge is 0.447 e. The molecule has 108 valence electrons. The van der Waals surface area contributed by atoms with Gasteiger partial charge < -0.3 is 4.74 Å². The summed E-state index contributed by atoms with van der Waals surface area (Å²) in [5.41, 5.74) is 1.11. The van der Waals surface area contributed by atoms with Crippen molar-refractivity contribution < 1.29 is 14.3 Å². The Bertz CT molecular complexity index is 463. The third-order valence-corrected chi connectivity index (χ3v) is 3.88. The molecule has 0 saturated carbocycles. The lowest BCUT2D eigenvalue weighted by molar-refractivity contribution is -0.129. The highest BCUT2D eigenvalue weighted by Gasteiger charge is 2.37. The van der Waals surface area contributed by atoms with Gasteiger partial charge in [-0.05, 0) is 24.8 Å². The Kier molecular flexibility index (Phi) is 5.59. The van der Waals surface area contributed by atoms with Crippen LogP contribution < -0.4 is 0 Å². The van der Waals surface area contributed by atoms with E-state index in [1.54, 1.807) is 0 Å². The summed E-state index contributed by atoms with van der Waals surface area (Å²) in [6.07, 6.45) is 2.25. The van der Waals surface area contributed by atoms with Crippen LogP contribution >= 0.6 is 15.9 Å². The molecule has 0 unspecified atom stereocenters. The van der Waals surface area contributed by atoms with Crippen LogP contribution in [0.5, 0.6) is 0 Å². The highest BCUT2D eigenvalue weighted by molar-refractivity contribution is 9.09. The summed E-state index contributed by atoms with van der Waals surface area (Å²) < 4.78 is 5.03. The summed E-state index contributed by atoms with van der Waals surface area (Å²) in [6.45, 7) is 0.290. The van der Waals surface area contributed by atoms with Crippen molar-refractivity contribution in [1.82, 2.24) is 4.90 Å². The highest BCUT2D eigenvalue weighted by atomic mass is 79.9. The first kappa shape index (κ1) is 15.0. The topological polar surface area (TPSA) is 46.6 Å². The van der Waals surface area contributed by atoms with E-state index in [1.807, 2.05) is 30.3 Å². The van der Waals surface area contributed by atoms with E-state index in [2.05, 4.69) is 15.9 Å². The number of benzene rings is 1. The number of hydrogen-bond donors (Lipinski definition) is 0. The fourth-order valence-electron chi connectivity index (χ4n) is 2.29. The van der Waals surface area contributed by atoms with Crippen LogP contribution in [0.1, 0.15) is 24.8 Å². The number of amides is 2. The number of unbranched alkanes of at least 4 members (excludes halogenated alkanes) is 1. The molecule has 0 spiro atoms. The van der Waals surface area contributed by atoms with Gasteiger partial charge in [-0.25, -0.2) is 9.69 Å². The minimum atomic E-state index is -0.505. The summed E-state index contributed by atoms with van der Waals surface area (Å²) in [6, 6.07) is 9.67. The SMILES string of the molecule is O=C(CCCCBr)N1C(=O)OC[C@H]1Cc1ccccc1. The standard InChI is InChI=1S/C15H18BrNO3/c16-9-5-4-8-14(18)17-13(11-20-15(17)19)10-12-6-2-1-3-7-12/h1-3,6-7,13H,4-5,8-11H2/t13-/m1/s1. The molecule has 0 radical (unpaired) electrons. The number of ether oxygens (including phenoxy) is 1. The van der Waals surface area contributed by atoms with Crippen molar-refractivity contribution in [2.75, 3.05) is 11.9 Å².